The molecule has 1 unspecified atom stereocenters. The maximum absolute atomic E-state index is 13.1. The quantitative estimate of drug-likeness (QED) is 0.767. The number of carbonyl (C=O) groups excluding carboxylic acids is 1. The molecule has 1 atom stereocenters. The predicted molar refractivity (Wildman–Crippen MR) is 91.6 cm³/mol. The number of hydrogen-bond acceptors (Lipinski definition) is 2. The van der Waals surface area contributed by atoms with Crippen LogP contribution >= 0.6 is 12.4 Å². The number of carbonyl (C=O) groups is 1. The molecule has 3 nitrogen and oxygen atoms in total. The lowest BCUT2D eigenvalue weighted by Crippen LogP contribution is -2.49. The SMILES string of the molecule is CCC(N)(CC)CNC(=O)CC(C)Cc1cccc(F)c1.Cl. The summed E-state index contributed by atoms with van der Waals surface area (Å²) in [6.07, 6.45) is 2.80. The van der Waals surface area contributed by atoms with E-state index in [2.05, 4.69) is 5.32 Å². The first kappa shape index (κ1) is 20.9. The zero-order valence-corrected chi connectivity index (χ0v) is 14.5. The Labute approximate surface area is 139 Å². The van der Waals surface area contributed by atoms with Crippen molar-refractivity contribution in [3.63, 3.8) is 0 Å². The molecule has 0 bridgehead atoms. The smallest absolute Gasteiger partial charge is 0.220 e. The Balaban J connectivity index is 0.00000441. The van der Waals surface area contributed by atoms with Gasteiger partial charge in [-0.2, -0.15) is 0 Å². The minimum Gasteiger partial charge on any atom is -0.354 e. The Morgan fingerprint density at radius 1 is 1.36 bits per heavy atom. The van der Waals surface area contributed by atoms with Crippen LogP contribution < -0.4 is 11.1 Å². The molecule has 5 heteroatoms. The monoisotopic (exact) mass is 330 g/mol. The van der Waals surface area contributed by atoms with Gasteiger partial charge in [-0.25, -0.2) is 4.39 Å². The lowest BCUT2D eigenvalue weighted by molar-refractivity contribution is -0.122. The van der Waals surface area contributed by atoms with Crippen molar-refractivity contribution in [3.8, 4) is 0 Å². The molecular weight excluding hydrogens is 303 g/mol. The molecule has 0 saturated heterocycles. The lowest BCUT2D eigenvalue weighted by Gasteiger charge is -2.27. The van der Waals surface area contributed by atoms with Crippen molar-refractivity contribution in [1.82, 2.24) is 5.32 Å². The average molecular weight is 331 g/mol. The molecule has 3 N–H and O–H groups in total. The van der Waals surface area contributed by atoms with Crippen LogP contribution in [-0.4, -0.2) is 18.0 Å². The standard InChI is InChI=1S/C17H27FN2O.ClH/c1-4-17(19,5-2)12-20-16(21)10-13(3)9-14-7-6-8-15(18)11-14;/h6-8,11,13H,4-5,9-10,12,19H2,1-3H3,(H,20,21);1H. The summed E-state index contributed by atoms with van der Waals surface area (Å²) >= 11 is 0. The third kappa shape index (κ3) is 7.23. The third-order valence-corrected chi connectivity index (χ3v) is 4.05. The summed E-state index contributed by atoms with van der Waals surface area (Å²) in [5, 5.41) is 2.92. The van der Waals surface area contributed by atoms with Crippen molar-refractivity contribution >= 4 is 18.3 Å². The van der Waals surface area contributed by atoms with Crippen LogP contribution in [0.25, 0.3) is 0 Å². The van der Waals surface area contributed by atoms with Gasteiger partial charge in [-0.3, -0.25) is 4.79 Å². The van der Waals surface area contributed by atoms with Crippen LogP contribution in [0.4, 0.5) is 4.39 Å². The van der Waals surface area contributed by atoms with E-state index < -0.39 is 0 Å². The number of benzene rings is 1. The van der Waals surface area contributed by atoms with E-state index in [1.807, 2.05) is 26.8 Å². The first-order chi connectivity index (χ1) is 9.88. The summed E-state index contributed by atoms with van der Waals surface area (Å²) in [4.78, 5) is 11.9. The molecule has 0 saturated carbocycles. The summed E-state index contributed by atoms with van der Waals surface area (Å²) < 4.78 is 13.1. The highest BCUT2D eigenvalue weighted by atomic mass is 35.5. The van der Waals surface area contributed by atoms with Crippen LogP contribution in [0.1, 0.15) is 45.6 Å². The zero-order chi connectivity index (χ0) is 15.9. The van der Waals surface area contributed by atoms with E-state index in [0.717, 1.165) is 18.4 Å². The number of nitrogens with two attached hydrogens (primary N) is 1. The van der Waals surface area contributed by atoms with E-state index in [1.54, 1.807) is 6.07 Å². The maximum Gasteiger partial charge on any atom is 0.220 e. The fourth-order valence-corrected chi connectivity index (χ4v) is 2.30. The number of nitrogens with one attached hydrogen (secondary N) is 1. The largest absolute Gasteiger partial charge is 0.354 e. The second-order valence-electron chi connectivity index (χ2n) is 5.99. The predicted octanol–water partition coefficient (Wildman–Crippen LogP) is 3.45. The molecule has 0 aliphatic carbocycles. The highest BCUT2D eigenvalue weighted by Gasteiger charge is 2.21. The Hall–Kier alpha value is -1.13. The molecule has 1 amide bonds. The van der Waals surface area contributed by atoms with Gasteiger partial charge in [0.1, 0.15) is 5.82 Å². The molecule has 0 aliphatic heterocycles. The Morgan fingerprint density at radius 2 is 2.00 bits per heavy atom. The summed E-state index contributed by atoms with van der Waals surface area (Å²) in [7, 11) is 0. The normalized spacial score (nSPS) is 12.4. The highest BCUT2D eigenvalue weighted by molar-refractivity contribution is 5.85. The van der Waals surface area contributed by atoms with Crippen molar-refractivity contribution in [2.24, 2.45) is 11.7 Å². The Morgan fingerprint density at radius 3 is 2.55 bits per heavy atom. The van der Waals surface area contributed by atoms with E-state index in [1.165, 1.54) is 12.1 Å². The number of rotatable bonds is 8. The first-order valence-electron chi connectivity index (χ1n) is 7.68. The number of halogens is 2. The van der Waals surface area contributed by atoms with Crippen molar-refractivity contribution in [2.75, 3.05) is 6.54 Å². The van der Waals surface area contributed by atoms with Gasteiger partial charge < -0.3 is 11.1 Å². The average Bonchev–Trinajstić information content (AvgIpc) is 2.44. The Bertz CT molecular complexity index is 464. The van der Waals surface area contributed by atoms with Crippen molar-refractivity contribution in [2.45, 2.75) is 52.0 Å². The molecule has 0 heterocycles. The van der Waals surface area contributed by atoms with Crippen molar-refractivity contribution in [1.29, 1.82) is 0 Å². The van der Waals surface area contributed by atoms with E-state index in [9.17, 15) is 9.18 Å². The summed E-state index contributed by atoms with van der Waals surface area (Å²) in [6, 6.07) is 6.53. The maximum atomic E-state index is 13.1. The van der Waals surface area contributed by atoms with Crippen molar-refractivity contribution < 1.29 is 9.18 Å². The zero-order valence-electron chi connectivity index (χ0n) is 13.7. The molecule has 1 rings (SSSR count). The van der Waals surface area contributed by atoms with Gasteiger partial charge in [0.2, 0.25) is 5.91 Å². The second kappa shape index (κ2) is 9.80. The molecule has 0 spiro atoms. The number of amides is 1. The number of hydrogen-bond donors (Lipinski definition) is 2. The van der Waals surface area contributed by atoms with E-state index in [-0.39, 0.29) is 35.6 Å². The van der Waals surface area contributed by atoms with Crippen LogP contribution in [0.15, 0.2) is 24.3 Å². The Kier molecular flexibility index (Phi) is 9.30. The van der Waals surface area contributed by atoms with Gasteiger partial charge in [0.05, 0.1) is 0 Å². The van der Waals surface area contributed by atoms with Gasteiger partial charge in [0.25, 0.3) is 0 Å². The molecule has 1 aromatic rings. The molecule has 22 heavy (non-hydrogen) atoms. The van der Waals surface area contributed by atoms with Crippen LogP contribution in [0.3, 0.4) is 0 Å². The lowest BCUT2D eigenvalue weighted by atomic mass is 9.93. The summed E-state index contributed by atoms with van der Waals surface area (Å²) in [5.41, 5.74) is 6.76. The highest BCUT2D eigenvalue weighted by Crippen LogP contribution is 2.14. The summed E-state index contributed by atoms with van der Waals surface area (Å²) in [6.45, 7) is 6.57. The fourth-order valence-electron chi connectivity index (χ4n) is 2.30. The molecular formula is C17H28ClFN2O. The second-order valence-corrected chi connectivity index (χ2v) is 5.99. The van der Waals surface area contributed by atoms with Gasteiger partial charge in [-0.15, -0.1) is 12.4 Å². The molecule has 126 valence electrons. The van der Waals surface area contributed by atoms with E-state index in [4.69, 9.17) is 5.73 Å². The van der Waals surface area contributed by atoms with Crippen LogP contribution in [0.5, 0.6) is 0 Å². The molecule has 0 aliphatic rings. The minimum absolute atomic E-state index is 0. The summed E-state index contributed by atoms with van der Waals surface area (Å²) in [5.74, 6) is -0.0548. The first-order valence-corrected chi connectivity index (χ1v) is 7.68. The molecule has 0 fully saturated rings. The van der Waals surface area contributed by atoms with Crippen LogP contribution in [0.2, 0.25) is 0 Å². The molecule has 0 radical (unpaired) electrons. The topological polar surface area (TPSA) is 55.1 Å². The van der Waals surface area contributed by atoms with Crippen molar-refractivity contribution in [3.05, 3.63) is 35.6 Å². The fraction of sp³-hybridized carbons (Fsp3) is 0.588. The van der Waals surface area contributed by atoms with Gasteiger partial charge in [-0.1, -0.05) is 32.9 Å². The van der Waals surface area contributed by atoms with Crippen LogP contribution in [0, 0.1) is 11.7 Å². The van der Waals surface area contributed by atoms with E-state index >= 15 is 0 Å². The van der Waals surface area contributed by atoms with Gasteiger partial charge in [-0.05, 0) is 42.9 Å². The van der Waals surface area contributed by atoms with Gasteiger partial charge in [0.15, 0.2) is 0 Å². The van der Waals surface area contributed by atoms with Crippen LogP contribution in [-0.2, 0) is 11.2 Å². The van der Waals surface area contributed by atoms with E-state index in [0.29, 0.717) is 19.4 Å². The minimum atomic E-state index is -0.318. The molecule has 0 aromatic heterocycles. The third-order valence-electron chi connectivity index (χ3n) is 4.05. The van der Waals surface area contributed by atoms with Gasteiger partial charge in [0, 0.05) is 18.5 Å². The van der Waals surface area contributed by atoms with Gasteiger partial charge >= 0.3 is 0 Å². The molecule has 1 aromatic carbocycles.